The van der Waals surface area contributed by atoms with E-state index >= 15 is 0 Å². The molecule has 0 aliphatic heterocycles. The molecule has 0 fully saturated rings. The van der Waals surface area contributed by atoms with Gasteiger partial charge in [-0.25, -0.2) is 0 Å². The quantitative estimate of drug-likeness (QED) is 0.768. The Kier molecular flexibility index (Phi) is 5.57. The van der Waals surface area contributed by atoms with Gasteiger partial charge in [0, 0.05) is 6.54 Å². The van der Waals surface area contributed by atoms with E-state index in [2.05, 4.69) is 12.2 Å². The predicted octanol–water partition coefficient (Wildman–Crippen LogP) is 1.68. The van der Waals surface area contributed by atoms with Gasteiger partial charge in [0.15, 0.2) is 0 Å². The van der Waals surface area contributed by atoms with Gasteiger partial charge in [0.2, 0.25) is 5.91 Å². The van der Waals surface area contributed by atoms with Crippen molar-refractivity contribution < 1.29 is 9.90 Å². The van der Waals surface area contributed by atoms with Gasteiger partial charge in [-0.2, -0.15) is 0 Å². The first-order valence-corrected chi connectivity index (χ1v) is 5.73. The zero-order chi connectivity index (χ0) is 11.8. The van der Waals surface area contributed by atoms with Crippen molar-refractivity contribution in [3.05, 3.63) is 35.9 Å². The van der Waals surface area contributed by atoms with E-state index in [9.17, 15) is 4.79 Å². The lowest BCUT2D eigenvalue weighted by atomic mass is 9.94. The fraction of sp³-hybridized carbons (Fsp3) is 0.462. The zero-order valence-corrected chi connectivity index (χ0v) is 9.65. The zero-order valence-electron chi connectivity index (χ0n) is 9.65. The first-order valence-electron chi connectivity index (χ1n) is 5.73. The van der Waals surface area contributed by atoms with Crippen LogP contribution in [0, 0.1) is 0 Å². The topological polar surface area (TPSA) is 49.3 Å². The van der Waals surface area contributed by atoms with E-state index in [0.717, 1.165) is 18.4 Å². The smallest absolute Gasteiger partial charge is 0.227 e. The molecule has 0 spiro atoms. The third-order valence-corrected chi connectivity index (χ3v) is 2.51. The summed E-state index contributed by atoms with van der Waals surface area (Å²) in [6.07, 6.45) is 1.80. The highest BCUT2D eigenvalue weighted by atomic mass is 16.3. The lowest BCUT2D eigenvalue weighted by Crippen LogP contribution is -2.31. The minimum absolute atomic E-state index is 0.00194. The Hall–Kier alpha value is -1.35. The molecule has 3 heteroatoms. The predicted molar refractivity (Wildman–Crippen MR) is 64.2 cm³/mol. The van der Waals surface area contributed by atoms with Crippen molar-refractivity contribution in [3.8, 4) is 0 Å². The molecular weight excluding hydrogens is 202 g/mol. The van der Waals surface area contributed by atoms with Crippen LogP contribution in [0.4, 0.5) is 0 Å². The third-order valence-electron chi connectivity index (χ3n) is 2.51. The number of benzene rings is 1. The Labute approximate surface area is 96.5 Å². The molecule has 1 atom stereocenters. The molecule has 1 unspecified atom stereocenters. The van der Waals surface area contributed by atoms with Crippen LogP contribution in [0.3, 0.4) is 0 Å². The monoisotopic (exact) mass is 221 g/mol. The van der Waals surface area contributed by atoms with Gasteiger partial charge in [-0.15, -0.1) is 0 Å². The second-order valence-corrected chi connectivity index (χ2v) is 3.77. The van der Waals surface area contributed by atoms with E-state index in [-0.39, 0.29) is 18.4 Å². The van der Waals surface area contributed by atoms with E-state index < -0.39 is 0 Å². The molecule has 88 valence electrons. The lowest BCUT2D eigenvalue weighted by molar-refractivity contribution is -0.122. The average molecular weight is 221 g/mol. The molecule has 0 aromatic heterocycles. The Balaban J connectivity index is 2.71. The van der Waals surface area contributed by atoms with Gasteiger partial charge >= 0.3 is 0 Å². The summed E-state index contributed by atoms with van der Waals surface area (Å²) in [7, 11) is 0. The standard InChI is InChI=1S/C13H19NO2/c1-2-6-12(13(16)14-9-10-15)11-7-4-3-5-8-11/h3-5,7-8,12,15H,2,6,9-10H2,1H3,(H,14,16). The molecule has 0 bridgehead atoms. The molecule has 2 N–H and O–H groups in total. The Bertz CT molecular complexity index is 311. The van der Waals surface area contributed by atoms with Crippen LogP contribution in [0.2, 0.25) is 0 Å². The molecule has 1 amide bonds. The van der Waals surface area contributed by atoms with Gasteiger partial charge in [-0.1, -0.05) is 43.7 Å². The van der Waals surface area contributed by atoms with Crippen LogP contribution in [-0.2, 0) is 4.79 Å². The van der Waals surface area contributed by atoms with E-state index in [1.807, 2.05) is 30.3 Å². The van der Waals surface area contributed by atoms with Crippen LogP contribution in [0.1, 0.15) is 31.2 Å². The number of rotatable bonds is 6. The molecule has 1 rings (SSSR count). The van der Waals surface area contributed by atoms with Crippen molar-refractivity contribution in [1.82, 2.24) is 5.32 Å². The number of aliphatic hydroxyl groups is 1. The maximum atomic E-state index is 11.9. The number of carbonyl (C=O) groups is 1. The second-order valence-electron chi connectivity index (χ2n) is 3.77. The molecule has 0 aliphatic rings. The Morgan fingerprint density at radius 2 is 2.06 bits per heavy atom. The van der Waals surface area contributed by atoms with Gasteiger partial charge in [-0.3, -0.25) is 4.79 Å². The van der Waals surface area contributed by atoms with Crippen LogP contribution >= 0.6 is 0 Å². The molecule has 0 radical (unpaired) electrons. The summed E-state index contributed by atoms with van der Waals surface area (Å²) in [4.78, 5) is 11.9. The van der Waals surface area contributed by atoms with Gasteiger partial charge in [0.25, 0.3) is 0 Å². The van der Waals surface area contributed by atoms with E-state index in [0.29, 0.717) is 6.54 Å². The first kappa shape index (κ1) is 12.7. The Morgan fingerprint density at radius 3 is 2.62 bits per heavy atom. The first-order chi connectivity index (χ1) is 7.79. The summed E-state index contributed by atoms with van der Waals surface area (Å²) in [5.74, 6) is -0.0974. The number of aliphatic hydroxyl groups excluding tert-OH is 1. The van der Waals surface area contributed by atoms with Crippen LogP contribution in [0.5, 0.6) is 0 Å². The number of carbonyl (C=O) groups excluding carboxylic acids is 1. The van der Waals surface area contributed by atoms with Gasteiger partial charge < -0.3 is 10.4 Å². The summed E-state index contributed by atoms with van der Waals surface area (Å²) in [5.41, 5.74) is 1.04. The molecule has 1 aromatic rings. The van der Waals surface area contributed by atoms with Crippen LogP contribution < -0.4 is 5.32 Å². The van der Waals surface area contributed by atoms with Crippen LogP contribution in [0.15, 0.2) is 30.3 Å². The van der Waals surface area contributed by atoms with E-state index in [1.54, 1.807) is 0 Å². The maximum absolute atomic E-state index is 11.9. The largest absolute Gasteiger partial charge is 0.395 e. The summed E-state index contributed by atoms with van der Waals surface area (Å²) in [6.45, 7) is 2.38. The van der Waals surface area contributed by atoms with E-state index in [1.165, 1.54) is 0 Å². The number of hydrogen-bond donors (Lipinski definition) is 2. The summed E-state index contributed by atoms with van der Waals surface area (Å²) >= 11 is 0. The summed E-state index contributed by atoms with van der Waals surface area (Å²) in [5, 5.41) is 11.4. The SMILES string of the molecule is CCCC(C(=O)NCCO)c1ccccc1. The van der Waals surface area contributed by atoms with Crippen LogP contribution in [0.25, 0.3) is 0 Å². The van der Waals surface area contributed by atoms with Crippen molar-refractivity contribution >= 4 is 5.91 Å². The third kappa shape index (κ3) is 3.66. The van der Waals surface area contributed by atoms with Crippen molar-refractivity contribution in [1.29, 1.82) is 0 Å². The van der Waals surface area contributed by atoms with Crippen molar-refractivity contribution in [2.45, 2.75) is 25.7 Å². The number of nitrogens with one attached hydrogen (secondary N) is 1. The van der Waals surface area contributed by atoms with Gasteiger partial charge in [0.05, 0.1) is 12.5 Å². The maximum Gasteiger partial charge on any atom is 0.227 e. The molecule has 16 heavy (non-hydrogen) atoms. The van der Waals surface area contributed by atoms with Crippen molar-refractivity contribution in [2.75, 3.05) is 13.2 Å². The molecule has 1 aromatic carbocycles. The number of amides is 1. The molecule has 0 heterocycles. The van der Waals surface area contributed by atoms with E-state index in [4.69, 9.17) is 5.11 Å². The highest BCUT2D eigenvalue weighted by Crippen LogP contribution is 2.20. The number of hydrogen-bond acceptors (Lipinski definition) is 2. The van der Waals surface area contributed by atoms with Crippen molar-refractivity contribution in [3.63, 3.8) is 0 Å². The molecular formula is C13H19NO2. The van der Waals surface area contributed by atoms with Gasteiger partial charge in [-0.05, 0) is 12.0 Å². The van der Waals surface area contributed by atoms with Gasteiger partial charge in [0.1, 0.15) is 0 Å². The molecule has 0 saturated carbocycles. The fourth-order valence-corrected chi connectivity index (χ4v) is 1.73. The fourth-order valence-electron chi connectivity index (χ4n) is 1.73. The highest BCUT2D eigenvalue weighted by Gasteiger charge is 2.18. The average Bonchev–Trinajstić information content (AvgIpc) is 2.34. The molecule has 0 saturated heterocycles. The molecule has 3 nitrogen and oxygen atoms in total. The normalized spacial score (nSPS) is 12.1. The van der Waals surface area contributed by atoms with Crippen molar-refractivity contribution in [2.24, 2.45) is 0 Å². The summed E-state index contributed by atoms with van der Waals surface area (Å²) in [6, 6.07) is 9.77. The molecule has 0 aliphatic carbocycles. The lowest BCUT2D eigenvalue weighted by Gasteiger charge is -2.16. The minimum Gasteiger partial charge on any atom is -0.395 e. The second kappa shape index (κ2) is 7.01. The highest BCUT2D eigenvalue weighted by molar-refractivity contribution is 5.83. The minimum atomic E-state index is -0.0993. The summed E-state index contributed by atoms with van der Waals surface area (Å²) < 4.78 is 0. The Morgan fingerprint density at radius 1 is 1.38 bits per heavy atom. The van der Waals surface area contributed by atoms with Crippen LogP contribution in [-0.4, -0.2) is 24.2 Å².